The van der Waals surface area contributed by atoms with Gasteiger partial charge in [-0.15, -0.1) is 0 Å². The molecule has 66 valence electrons. The van der Waals surface area contributed by atoms with Crippen molar-refractivity contribution in [3.05, 3.63) is 34.9 Å². The molecule has 1 nitrogen and oxygen atoms in total. The first-order valence-electron chi connectivity index (χ1n) is 4.19. The van der Waals surface area contributed by atoms with E-state index in [4.69, 9.17) is 16.7 Å². The van der Waals surface area contributed by atoms with Crippen molar-refractivity contribution in [3.63, 3.8) is 0 Å². The van der Waals surface area contributed by atoms with Gasteiger partial charge in [0.05, 0.1) is 0 Å². The second-order valence-electron chi connectivity index (χ2n) is 2.77. The third kappa shape index (κ3) is 2.84. The summed E-state index contributed by atoms with van der Waals surface area (Å²) in [6, 6.07) is 7.84. The van der Waals surface area contributed by atoms with Crippen LogP contribution in [0.2, 0.25) is 5.02 Å². The van der Waals surface area contributed by atoms with Gasteiger partial charge in [-0.2, -0.15) is 0 Å². The Balaban J connectivity index is 2.46. The number of unbranched alkanes of at least 4 members (excludes halogenated alkanes) is 1. The highest BCUT2D eigenvalue weighted by molar-refractivity contribution is 6.31. The molecule has 0 aliphatic rings. The van der Waals surface area contributed by atoms with E-state index in [1.807, 2.05) is 24.3 Å². The van der Waals surface area contributed by atoms with Gasteiger partial charge in [-0.05, 0) is 30.9 Å². The molecule has 0 aliphatic carbocycles. The fourth-order valence-electron chi connectivity index (χ4n) is 1.13. The molecule has 0 bridgehead atoms. The second-order valence-corrected chi connectivity index (χ2v) is 3.18. The van der Waals surface area contributed by atoms with Crippen molar-refractivity contribution >= 4 is 11.6 Å². The van der Waals surface area contributed by atoms with Crippen molar-refractivity contribution in [3.8, 4) is 0 Å². The van der Waals surface area contributed by atoms with Gasteiger partial charge >= 0.3 is 0 Å². The zero-order valence-corrected chi connectivity index (χ0v) is 7.72. The summed E-state index contributed by atoms with van der Waals surface area (Å²) in [7, 11) is 0. The van der Waals surface area contributed by atoms with Crippen LogP contribution < -0.4 is 0 Å². The summed E-state index contributed by atoms with van der Waals surface area (Å²) < 4.78 is 0. The van der Waals surface area contributed by atoms with E-state index in [-0.39, 0.29) is 6.61 Å². The summed E-state index contributed by atoms with van der Waals surface area (Å²) in [6.07, 6.45) is 2.81. The number of aliphatic hydroxyl groups is 1. The summed E-state index contributed by atoms with van der Waals surface area (Å²) in [6.45, 7) is 0.268. The van der Waals surface area contributed by atoms with Gasteiger partial charge in [-0.1, -0.05) is 29.8 Å². The molecule has 1 rings (SSSR count). The number of aryl methyl sites for hydroxylation is 1. The molecule has 1 N–H and O–H groups in total. The van der Waals surface area contributed by atoms with Gasteiger partial charge in [0.15, 0.2) is 0 Å². The lowest BCUT2D eigenvalue weighted by molar-refractivity contribution is 0.284. The van der Waals surface area contributed by atoms with Crippen molar-refractivity contribution < 1.29 is 5.11 Å². The third-order valence-corrected chi connectivity index (χ3v) is 2.18. The van der Waals surface area contributed by atoms with E-state index in [0.717, 1.165) is 24.3 Å². The normalized spacial score (nSPS) is 10.2. The zero-order chi connectivity index (χ0) is 8.81. The van der Waals surface area contributed by atoms with Gasteiger partial charge in [0.2, 0.25) is 0 Å². The van der Waals surface area contributed by atoms with Crippen molar-refractivity contribution in [2.24, 2.45) is 0 Å². The number of rotatable bonds is 4. The minimum Gasteiger partial charge on any atom is -0.396 e. The van der Waals surface area contributed by atoms with Crippen LogP contribution in [0.25, 0.3) is 0 Å². The molecule has 0 amide bonds. The average Bonchev–Trinajstić information content (AvgIpc) is 2.09. The topological polar surface area (TPSA) is 20.2 Å². The molecular weight excluding hydrogens is 172 g/mol. The Labute approximate surface area is 78.0 Å². The largest absolute Gasteiger partial charge is 0.396 e. The van der Waals surface area contributed by atoms with E-state index >= 15 is 0 Å². The first kappa shape index (κ1) is 9.56. The zero-order valence-electron chi connectivity index (χ0n) is 6.96. The number of halogens is 1. The fourth-order valence-corrected chi connectivity index (χ4v) is 1.36. The predicted molar refractivity (Wildman–Crippen MR) is 51.5 cm³/mol. The van der Waals surface area contributed by atoms with Gasteiger partial charge in [0, 0.05) is 11.6 Å². The van der Waals surface area contributed by atoms with Crippen LogP contribution in [0.15, 0.2) is 24.3 Å². The molecule has 0 fully saturated rings. The van der Waals surface area contributed by atoms with Gasteiger partial charge < -0.3 is 5.11 Å². The lowest BCUT2D eigenvalue weighted by atomic mass is 10.1. The summed E-state index contributed by atoms with van der Waals surface area (Å²) in [5.74, 6) is 0. The van der Waals surface area contributed by atoms with Gasteiger partial charge in [-0.25, -0.2) is 0 Å². The summed E-state index contributed by atoms with van der Waals surface area (Å²) in [5.41, 5.74) is 1.17. The fraction of sp³-hybridized carbons (Fsp3) is 0.400. The molecule has 0 atom stereocenters. The minimum atomic E-state index is 0.268. The second kappa shape index (κ2) is 5.18. The molecular formula is C10H13ClO. The lowest BCUT2D eigenvalue weighted by Crippen LogP contribution is -1.89. The highest BCUT2D eigenvalue weighted by atomic mass is 35.5. The highest BCUT2D eigenvalue weighted by Gasteiger charge is 1.97. The number of benzene rings is 1. The van der Waals surface area contributed by atoms with Crippen LogP contribution in [-0.4, -0.2) is 11.7 Å². The van der Waals surface area contributed by atoms with Crippen molar-refractivity contribution in [2.75, 3.05) is 6.61 Å². The Morgan fingerprint density at radius 1 is 1.17 bits per heavy atom. The molecule has 12 heavy (non-hydrogen) atoms. The highest BCUT2D eigenvalue weighted by Crippen LogP contribution is 2.16. The van der Waals surface area contributed by atoms with E-state index in [9.17, 15) is 0 Å². The summed E-state index contributed by atoms with van der Waals surface area (Å²) >= 11 is 5.94. The summed E-state index contributed by atoms with van der Waals surface area (Å²) in [4.78, 5) is 0. The van der Waals surface area contributed by atoms with Crippen LogP contribution in [0.5, 0.6) is 0 Å². The molecule has 1 aromatic carbocycles. The Morgan fingerprint density at radius 3 is 2.58 bits per heavy atom. The van der Waals surface area contributed by atoms with Gasteiger partial charge in [-0.3, -0.25) is 0 Å². The Bertz CT molecular complexity index is 235. The Morgan fingerprint density at radius 2 is 1.92 bits per heavy atom. The molecule has 0 saturated carbocycles. The SMILES string of the molecule is OCCCCc1ccccc1Cl. The van der Waals surface area contributed by atoms with Crippen molar-refractivity contribution in [2.45, 2.75) is 19.3 Å². The van der Waals surface area contributed by atoms with Crippen LogP contribution >= 0.6 is 11.6 Å². The molecule has 0 aliphatic heterocycles. The van der Waals surface area contributed by atoms with Crippen LogP contribution in [0.3, 0.4) is 0 Å². The molecule has 1 aromatic rings. The van der Waals surface area contributed by atoms with E-state index in [2.05, 4.69) is 0 Å². The summed E-state index contributed by atoms with van der Waals surface area (Å²) in [5, 5.41) is 9.41. The predicted octanol–water partition coefficient (Wildman–Crippen LogP) is 2.66. The van der Waals surface area contributed by atoms with E-state index in [0.29, 0.717) is 0 Å². The van der Waals surface area contributed by atoms with Crippen LogP contribution in [0.4, 0.5) is 0 Å². The molecule has 0 radical (unpaired) electrons. The van der Waals surface area contributed by atoms with E-state index in [1.165, 1.54) is 5.56 Å². The number of hydrogen-bond donors (Lipinski definition) is 1. The monoisotopic (exact) mass is 184 g/mol. The van der Waals surface area contributed by atoms with Crippen LogP contribution in [0, 0.1) is 0 Å². The van der Waals surface area contributed by atoms with Crippen molar-refractivity contribution in [1.29, 1.82) is 0 Å². The minimum absolute atomic E-state index is 0.268. The van der Waals surface area contributed by atoms with E-state index < -0.39 is 0 Å². The molecule has 0 unspecified atom stereocenters. The maximum atomic E-state index is 8.58. The van der Waals surface area contributed by atoms with Gasteiger partial charge in [0.25, 0.3) is 0 Å². The maximum Gasteiger partial charge on any atom is 0.0437 e. The average molecular weight is 185 g/mol. The molecule has 0 aromatic heterocycles. The molecule has 2 heteroatoms. The van der Waals surface area contributed by atoms with Crippen LogP contribution in [-0.2, 0) is 6.42 Å². The molecule has 0 saturated heterocycles. The maximum absolute atomic E-state index is 8.58. The standard InChI is InChI=1S/C10H13ClO/c11-10-7-2-1-5-9(10)6-3-4-8-12/h1-2,5,7,12H,3-4,6,8H2. The Hall–Kier alpha value is -0.530. The smallest absolute Gasteiger partial charge is 0.0437 e. The number of hydrogen-bond acceptors (Lipinski definition) is 1. The van der Waals surface area contributed by atoms with Gasteiger partial charge in [0.1, 0.15) is 0 Å². The van der Waals surface area contributed by atoms with E-state index in [1.54, 1.807) is 0 Å². The first-order valence-corrected chi connectivity index (χ1v) is 4.56. The quantitative estimate of drug-likeness (QED) is 0.714. The van der Waals surface area contributed by atoms with Crippen LogP contribution in [0.1, 0.15) is 18.4 Å². The number of aliphatic hydroxyl groups excluding tert-OH is 1. The lowest BCUT2D eigenvalue weighted by Gasteiger charge is -2.01. The van der Waals surface area contributed by atoms with Crippen molar-refractivity contribution in [1.82, 2.24) is 0 Å². The Kier molecular flexibility index (Phi) is 4.12. The molecule has 0 heterocycles. The third-order valence-electron chi connectivity index (χ3n) is 1.81. The first-order chi connectivity index (χ1) is 5.84. The molecule has 0 spiro atoms.